The van der Waals surface area contributed by atoms with Crippen LogP contribution in [0.2, 0.25) is 0 Å². The van der Waals surface area contributed by atoms with Crippen LogP contribution in [0.5, 0.6) is 5.75 Å². The predicted molar refractivity (Wildman–Crippen MR) is 122 cm³/mol. The van der Waals surface area contributed by atoms with E-state index in [0.29, 0.717) is 12.2 Å². The van der Waals surface area contributed by atoms with E-state index in [4.69, 9.17) is 14.5 Å². The summed E-state index contributed by atoms with van der Waals surface area (Å²) in [4.78, 5) is 22.0. The van der Waals surface area contributed by atoms with Crippen molar-refractivity contribution in [3.8, 4) is 5.75 Å². The van der Waals surface area contributed by atoms with Crippen LogP contribution in [0, 0.1) is 0 Å². The molecule has 0 saturated carbocycles. The van der Waals surface area contributed by atoms with Gasteiger partial charge in [-0.2, -0.15) is 0 Å². The number of carbonyl (C=O) groups is 1. The Morgan fingerprint density at radius 2 is 1.90 bits per heavy atom. The minimum atomic E-state index is 0.0883. The summed E-state index contributed by atoms with van der Waals surface area (Å²) in [7, 11) is 0. The lowest BCUT2D eigenvalue weighted by Gasteiger charge is -2.34. The Balaban J connectivity index is 1.11. The summed E-state index contributed by atoms with van der Waals surface area (Å²) < 4.78 is 12.6. The highest BCUT2D eigenvalue weighted by atomic mass is 32.1. The number of piperazine rings is 1. The second kappa shape index (κ2) is 9.34. The molecular weight excluding hydrogens is 410 g/mol. The zero-order valence-corrected chi connectivity index (χ0v) is 18.4. The number of ether oxygens (including phenoxy) is 2. The second-order valence-corrected chi connectivity index (χ2v) is 9.23. The van der Waals surface area contributed by atoms with E-state index in [2.05, 4.69) is 23.1 Å². The fourth-order valence-corrected chi connectivity index (χ4v) is 5.14. The van der Waals surface area contributed by atoms with Crippen molar-refractivity contribution in [3.63, 3.8) is 0 Å². The molecule has 3 heterocycles. The Kier molecular flexibility index (Phi) is 6.15. The van der Waals surface area contributed by atoms with Gasteiger partial charge in [0.15, 0.2) is 0 Å². The normalized spacial score (nSPS) is 19.7. The molecule has 6 nitrogen and oxygen atoms in total. The van der Waals surface area contributed by atoms with Crippen molar-refractivity contribution in [3.05, 3.63) is 59.1 Å². The standard InChI is InChI=1S/C24H27N3O3S/c28-24(18-7-9-19(10-8-18)30-17-20-4-3-15-29-20)27-13-11-26(12-14-27)16-23-25-21-5-1-2-6-22(21)31-23/h1-2,5-10,20H,3-4,11-17H2/t20-/m0/s1. The minimum Gasteiger partial charge on any atom is -0.491 e. The topological polar surface area (TPSA) is 54.9 Å². The van der Waals surface area contributed by atoms with Gasteiger partial charge in [-0.25, -0.2) is 4.98 Å². The summed E-state index contributed by atoms with van der Waals surface area (Å²) in [6, 6.07) is 15.7. The van der Waals surface area contributed by atoms with Gasteiger partial charge in [0.1, 0.15) is 17.4 Å². The third-order valence-corrected chi connectivity index (χ3v) is 6.94. The van der Waals surface area contributed by atoms with Gasteiger partial charge in [0.05, 0.1) is 22.9 Å². The maximum Gasteiger partial charge on any atom is 0.253 e. The maximum atomic E-state index is 12.9. The molecule has 5 rings (SSSR count). The summed E-state index contributed by atoms with van der Waals surface area (Å²) in [5, 5.41) is 1.14. The van der Waals surface area contributed by atoms with Crippen LogP contribution in [0.4, 0.5) is 0 Å². The number of para-hydroxylation sites is 1. The lowest BCUT2D eigenvalue weighted by molar-refractivity contribution is 0.0627. The minimum absolute atomic E-state index is 0.0883. The number of carbonyl (C=O) groups excluding carboxylic acids is 1. The maximum absolute atomic E-state index is 12.9. The zero-order chi connectivity index (χ0) is 21.0. The van der Waals surface area contributed by atoms with E-state index in [9.17, 15) is 4.79 Å². The van der Waals surface area contributed by atoms with E-state index >= 15 is 0 Å². The molecule has 7 heteroatoms. The van der Waals surface area contributed by atoms with Crippen molar-refractivity contribution < 1.29 is 14.3 Å². The number of benzene rings is 2. The van der Waals surface area contributed by atoms with Crippen molar-refractivity contribution in [1.29, 1.82) is 0 Å². The van der Waals surface area contributed by atoms with Crippen molar-refractivity contribution in [2.75, 3.05) is 39.4 Å². The number of rotatable bonds is 6. The Morgan fingerprint density at radius 1 is 1.10 bits per heavy atom. The van der Waals surface area contributed by atoms with Crippen molar-refractivity contribution in [1.82, 2.24) is 14.8 Å². The third kappa shape index (κ3) is 4.89. The second-order valence-electron chi connectivity index (χ2n) is 8.11. The van der Waals surface area contributed by atoms with Gasteiger partial charge in [-0.15, -0.1) is 11.3 Å². The average Bonchev–Trinajstić information content (AvgIpc) is 3.47. The lowest BCUT2D eigenvalue weighted by atomic mass is 10.1. The van der Waals surface area contributed by atoms with Gasteiger partial charge in [-0.3, -0.25) is 9.69 Å². The first kappa shape index (κ1) is 20.4. The molecule has 2 aromatic carbocycles. The molecule has 1 atom stereocenters. The van der Waals surface area contributed by atoms with E-state index in [0.717, 1.165) is 68.4 Å². The summed E-state index contributed by atoms with van der Waals surface area (Å²) in [6.45, 7) is 5.45. The van der Waals surface area contributed by atoms with Crippen LogP contribution in [0.1, 0.15) is 28.2 Å². The molecular formula is C24H27N3O3S. The summed E-state index contributed by atoms with van der Waals surface area (Å²) in [6.07, 6.45) is 2.36. The fraction of sp³-hybridized carbons (Fsp3) is 0.417. The highest BCUT2D eigenvalue weighted by Gasteiger charge is 2.23. The van der Waals surface area contributed by atoms with Crippen LogP contribution in [0.3, 0.4) is 0 Å². The molecule has 2 saturated heterocycles. The van der Waals surface area contributed by atoms with Gasteiger partial charge in [-0.1, -0.05) is 12.1 Å². The molecule has 0 spiro atoms. The van der Waals surface area contributed by atoms with E-state index in [1.807, 2.05) is 35.2 Å². The van der Waals surface area contributed by atoms with Crippen LogP contribution >= 0.6 is 11.3 Å². The Labute approximate surface area is 186 Å². The first-order chi connectivity index (χ1) is 15.2. The molecule has 162 valence electrons. The molecule has 2 fully saturated rings. The number of hydrogen-bond donors (Lipinski definition) is 0. The molecule has 1 aromatic heterocycles. The molecule has 2 aliphatic rings. The summed E-state index contributed by atoms with van der Waals surface area (Å²) in [5.74, 6) is 0.873. The number of nitrogens with zero attached hydrogens (tertiary/aromatic N) is 3. The SMILES string of the molecule is O=C(c1ccc(OC[C@@H]2CCCO2)cc1)N1CCN(Cc2nc3ccccc3s2)CC1. The highest BCUT2D eigenvalue weighted by molar-refractivity contribution is 7.18. The largest absolute Gasteiger partial charge is 0.491 e. The molecule has 31 heavy (non-hydrogen) atoms. The van der Waals surface area contributed by atoms with Gasteiger partial charge < -0.3 is 14.4 Å². The van der Waals surface area contributed by atoms with Crippen LogP contribution in [0.15, 0.2) is 48.5 Å². The van der Waals surface area contributed by atoms with Gasteiger partial charge in [0.2, 0.25) is 0 Å². The van der Waals surface area contributed by atoms with Crippen molar-refractivity contribution in [2.45, 2.75) is 25.5 Å². The Bertz CT molecular complexity index is 989. The summed E-state index contributed by atoms with van der Waals surface area (Å²) in [5.41, 5.74) is 1.78. The molecule has 0 aliphatic carbocycles. The third-order valence-electron chi connectivity index (χ3n) is 5.92. The molecule has 3 aromatic rings. The van der Waals surface area contributed by atoms with Crippen LogP contribution < -0.4 is 4.74 Å². The Hall–Kier alpha value is -2.48. The van der Waals surface area contributed by atoms with E-state index < -0.39 is 0 Å². The molecule has 1 amide bonds. The van der Waals surface area contributed by atoms with E-state index in [-0.39, 0.29) is 12.0 Å². The van der Waals surface area contributed by atoms with Crippen LogP contribution in [-0.4, -0.2) is 66.2 Å². The smallest absolute Gasteiger partial charge is 0.253 e. The van der Waals surface area contributed by atoms with Gasteiger partial charge >= 0.3 is 0 Å². The quantitative estimate of drug-likeness (QED) is 0.587. The van der Waals surface area contributed by atoms with E-state index in [1.54, 1.807) is 11.3 Å². The predicted octanol–water partition coefficient (Wildman–Crippen LogP) is 3.81. The van der Waals surface area contributed by atoms with Crippen LogP contribution in [-0.2, 0) is 11.3 Å². The monoisotopic (exact) mass is 437 g/mol. The van der Waals surface area contributed by atoms with Gasteiger partial charge in [0.25, 0.3) is 5.91 Å². The van der Waals surface area contributed by atoms with Gasteiger partial charge in [-0.05, 0) is 49.2 Å². The highest BCUT2D eigenvalue weighted by Crippen LogP contribution is 2.23. The van der Waals surface area contributed by atoms with Crippen LogP contribution in [0.25, 0.3) is 10.2 Å². The molecule has 0 radical (unpaired) electrons. The number of aromatic nitrogens is 1. The fourth-order valence-electron chi connectivity index (χ4n) is 4.13. The first-order valence-corrected chi connectivity index (χ1v) is 11.8. The number of amides is 1. The Morgan fingerprint density at radius 3 is 2.65 bits per heavy atom. The number of fused-ring (bicyclic) bond motifs is 1. The average molecular weight is 438 g/mol. The molecule has 0 bridgehead atoms. The molecule has 2 aliphatic heterocycles. The van der Waals surface area contributed by atoms with Gasteiger partial charge in [0, 0.05) is 38.3 Å². The summed E-state index contributed by atoms with van der Waals surface area (Å²) >= 11 is 1.76. The van der Waals surface area contributed by atoms with Crippen molar-refractivity contribution in [2.24, 2.45) is 0 Å². The molecule has 0 N–H and O–H groups in total. The van der Waals surface area contributed by atoms with Crippen molar-refractivity contribution >= 4 is 27.5 Å². The number of thiazole rings is 1. The zero-order valence-electron chi connectivity index (χ0n) is 17.5. The first-order valence-electron chi connectivity index (χ1n) is 11.0. The lowest BCUT2D eigenvalue weighted by Crippen LogP contribution is -2.48. The molecule has 0 unspecified atom stereocenters. The van der Waals surface area contributed by atoms with E-state index in [1.165, 1.54) is 4.70 Å². The number of hydrogen-bond acceptors (Lipinski definition) is 6.